The molecule has 0 heterocycles. The van der Waals surface area contributed by atoms with E-state index < -0.39 is 24.3 Å². The molecule has 0 aromatic heterocycles. The van der Waals surface area contributed by atoms with E-state index >= 15 is 0 Å². The van der Waals surface area contributed by atoms with Gasteiger partial charge < -0.3 is 29.5 Å². The van der Waals surface area contributed by atoms with Gasteiger partial charge in [-0.25, -0.2) is 0 Å². The molecule has 7 atom stereocenters. The zero-order valence-corrected chi connectivity index (χ0v) is 22.5. The van der Waals surface area contributed by atoms with Gasteiger partial charge in [0.25, 0.3) is 0 Å². The van der Waals surface area contributed by atoms with Crippen molar-refractivity contribution in [2.24, 2.45) is 29.6 Å². The van der Waals surface area contributed by atoms with E-state index in [4.69, 9.17) is 14.2 Å². The van der Waals surface area contributed by atoms with Gasteiger partial charge in [-0.1, -0.05) is 37.3 Å². The highest BCUT2D eigenvalue weighted by atomic mass is 16.6. The number of aliphatic hydroxyl groups is 2. The van der Waals surface area contributed by atoms with Crippen molar-refractivity contribution in [3.05, 3.63) is 59.2 Å². The van der Waals surface area contributed by atoms with Crippen LogP contribution in [0.4, 0.5) is 0 Å². The monoisotopic (exact) mass is 526 g/mol. The minimum Gasteiger partial charge on any atom is -0.504 e. The number of carbonyl (C=O) groups is 2. The van der Waals surface area contributed by atoms with Gasteiger partial charge in [0.05, 0.1) is 19.6 Å². The molecule has 8 nitrogen and oxygen atoms in total. The average molecular weight is 527 g/mol. The summed E-state index contributed by atoms with van der Waals surface area (Å²) in [5.41, 5.74) is 1.11. The fraction of sp³-hybridized carbons (Fsp3) is 0.533. The number of aromatic hydroxyl groups is 1. The molecule has 0 amide bonds. The van der Waals surface area contributed by atoms with Crippen LogP contribution in [0.25, 0.3) is 0 Å². The Bertz CT molecular complexity index is 1170. The summed E-state index contributed by atoms with van der Waals surface area (Å²) in [6, 6.07) is 4.64. The van der Waals surface area contributed by atoms with E-state index in [0.717, 1.165) is 12.0 Å². The van der Waals surface area contributed by atoms with Crippen molar-refractivity contribution in [3.63, 3.8) is 0 Å². The lowest BCUT2D eigenvalue weighted by molar-refractivity contribution is -0.147. The Kier molecular flexibility index (Phi) is 8.16. The molecular formula is C30H38O8. The standard InChI is InChI=1S/C30H38O8/c1-16(2)21-8-17(3)27-22(28(21)38-15-31)10-20(13-30(35)23(27)9-18(4)29(30)34)14-37-26(33)12-19-6-7-24(32)25(11-19)36-5/h6-7,9-11,17,21-23,27-28,31-32,35H,1,8,12-15H2,2-5H3/t17-,21?,22-,23+,27?,28+,30-/m1/s1. The number of benzene rings is 1. The second-order valence-corrected chi connectivity index (χ2v) is 11.1. The van der Waals surface area contributed by atoms with Gasteiger partial charge in [0.15, 0.2) is 17.3 Å². The molecule has 0 radical (unpaired) electrons. The Morgan fingerprint density at radius 1 is 1.26 bits per heavy atom. The molecule has 8 heteroatoms. The fourth-order valence-electron chi connectivity index (χ4n) is 6.76. The molecule has 38 heavy (non-hydrogen) atoms. The van der Waals surface area contributed by atoms with Crippen molar-refractivity contribution in [3.8, 4) is 11.5 Å². The molecule has 1 aromatic carbocycles. The third-order valence-corrected chi connectivity index (χ3v) is 8.49. The number of carbonyl (C=O) groups excluding carboxylic acids is 2. The maximum Gasteiger partial charge on any atom is 0.310 e. The average Bonchev–Trinajstić information content (AvgIpc) is 3.00. The van der Waals surface area contributed by atoms with Crippen LogP contribution in [-0.2, 0) is 25.5 Å². The quantitative estimate of drug-likeness (QED) is 0.267. The topological polar surface area (TPSA) is 123 Å². The van der Waals surface area contributed by atoms with Crippen LogP contribution in [0, 0.1) is 29.6 Å². The third-order valence-electron chi connectivity index (χ3n) is 8.49. The van der Waals surface area contributed by atoms with E-state index in [1.54, 1.807) is 19.1 Å². The summed E-state index contributed by atoms with van der Waals surface area (Å²) in [6.45, 7) is 9.42. The summed E-state index contributed by atoms with van der Waals surface area (Å²) in [5.74, 6) is -1.16. The normalized spacial score (nSPS) is 32.4. The SMILES string of the molecule is C=C(C)C1C[C@@H](C)C2[C@@H](C=C(COC(=O)Cc3ccc(O)c(OC)c3)C[C@]3(O)C(=O)C(C)=C[C@@H]23)[C@H]1OCO. The van der Waals surface area contributed by atoms with Crippen LogP contribution in [0.5, 0.6) is 11.5 Å². The number of hydrogen-bond donors (Lipinski definition) is 3. The van der Waals surface area contributed by atoms with Crippen molar-refractivity contribution in [2.45, 2.75) is 51.7 Å². The van der Waals surface area contributed by atoms with Crippen molar-refractivity contribution < 1.29 is 39.1 Å². The van der Waals surface area contributed by atoms with Crippen molar-refractivity contribution in [1.82, 2.24) is 0 Å². The highest BCUT2D eigenvalue weighted by molar-refractivity contribution is 6.04. The summed E-state index contributed by atoms with van der Waals surface area (Å²) in [7, 11) is 1.43. The van der Waals surface area contributed by atoms with Crippen LogP contribution >= 0.6 is 0 Å². The van der Waals surface area contributed by atoms with Gasteiger partial charge in [0.2, 0.25) is 0 Å². The number of hydrogen-bond acceptors (Lipinski definition) is 8. The predicted octanol–water partition coefficient (Wildman–Crippen LogP) is 3.49. The predicted molar refractivity (Wildman–Crippen MR) is 140 cm³/mol. The van der Waals surface area contributed by atoms with Crippen LogP contribution in [0.3, 0.4) is 0 Å². The Labute approximate surface area is 223 Å². The van der Waals surface area contributed by atoms with Gasteiger partial charge in [0, 0.05) is 24.2 Å². The Balaban J connectivity index is 1.62. The van der Waals surface area contributed by atoms with Crippen molar-refractivity contribution in [1.29, 1.82) is 0 Å². The second kappa shape index (κ2) is 11.0. The number of ether oxygens (including phenoxy) is 3. The van der Waals surface area contributed by atoms with E-state index in [9.17, 15) is 24.9 Å². The van der Waals surface area contributed by atoms with Gasteiger partial charge in [-0.15, -0.1) is 0 Å². The first-order chi connectivity index (χ1) is 18.0. The number of phenolic OH excluding ortho intramolecular Hbond substituents is 1. The number of phenols is 1. The maximum absolute atomic E-state index is 13.2. The minimum absolute atomic E-state index is 0.00342. The Morgan fingerprint density at radius 3 is 2.66 bits per heavy atom. The number of Topliss-reactive ketones (excluding diaryl/α,β-unsaturated/α-hetero) is 1. The summed E-state index contributed by atoms with van der Waals surface area (Å²) < 4.78 is 16.6. The molecular weight excluding hydrogens is 488 g/mol. The van der Waals surface area contributed by atoms with Gasteiger partial charge in [0.1, 0.15) is 19.0 Å². The number of methoxy groups -OCH3 is 1. The molecule has 3 aliphatic carbocycles. The lowest BCUT2D eigenvalue weighted by Gasteiger charge is -2.48. The highest BCUT2D eigenvalue weighted by Crippen LogP contribution is 2.54. The Hall–Kier alpha value is -2.94. The van der Waals surface area contributed by atoms with Gasteiger partial charge in [-0.3, -0.25) is 9.59 Å². The summed E-state index contributed by atoms with van der Waals surface area (Å²) in [5, 5.41) is 31.3. The molecule has 0 spiro atoms. The molecule has 0 aliphatic heterocycles. The second-order valence-electron chi connectivity index (χ2n) is 11.1. The van der Waals surface area contributed by atoms with Gasteiger partial charge in [-0.2, -0.15) is 0 Å². The van der Waals surface area contributed by atoms with Crippen LogP contribution < -0.4 is 4.74 Å². The van der Waals surface area contributed by atoms with E-state index in [2.05, 4.69) is 13.5 Å². The first kappa shape index (κ1) is 28.1. The molecule has 0 saturated heterocycles. The number of rotatable bonds is 8. The van der Waals surface area contributed by atoms with E-state index in [0.29, 0.717) is 16.7 Å². The van der Waals surface area contributed by atoms with Gasteiger partial charge in [-0.05, 0) is 60.9 Å². The number of aliphatic hydroxyl groups excluding tert-OH is 1. The smallest absolute Gasteiger partial charge is 0.310 e. The van der Waals surface area contributed by atoms with Gasteiger partial charge >= 0.3 is 5.97 Å². The number of esters is 1. The van der Waals surface area contributed by atoms with Crippen LogP contribution in [0.2, 0.25) is 0 Å². The largest absolute Gasteiger partial charge is 0.504 e. The molecule has 2 unspecified atom stereocenters. The minimum atomic E-state index is -1.62. The molecule has 4 rings (SSSR count). The molecule has 3 N–H and O–H groups in total. The van der Waals surface area contributed by atoms with Crippen LogP contribution in [-0.4, -0.2) is 59.3 Å². The van der Waals surface area contributed by atoms with Crippen LogP contribution in [0.1, 0.15) is 39.2 Å². The zero-order valence-electron chi connectivity index (χ0n) is 22.5. The lowest BCUT2D eigenvalue weighted by Crippen LogP contribution is -2.51. The summed E-state index contributed by atoms with van der Waals surface area (Å²) in [4.78, 5) is 25.9. The Morgan fingerprint density at radius 2 is 2.00 bits per heavy atom. The van der Waals surface area contributed by atoms with Crippen LogP contribution in [0.15, 0.2) is 53.6 Å². The maximum atomic E-state index is 13.2. The van der Waals surface area contributed by atoms with Crippen molar-refractivity contribution in [2.75, 3.05) is 20.5 Å². The lowest BCUT2D eigenvalue weighted by atomic mass is 9.59. The molecule has 206 valence electrons. The van der Waals surface area contributed by atoms with E-state index in [-0.39, 0.29) is 66.5 Å². The van der Waals surface area contributed by atoms with Crippen molar-refractivity contribution >= 4 is 11.8 Å². The first-order valence-electron chi connectivity index (χ1n) is 13.0. The molecule has 3 aliphatic rings. The highest BCUT2D eigenvalue weighted by Gasteiger charge is 2.58. The summed E-state index contributed by atoms with van der Waals surface area (Å²) in [6.07, 6.45) is 4.26. The number of ketones is 1. The molecule has 0 bridgehead atoms. The fourth-order valence-corrected chi connectivity index (χ4v) is 6.76. The molecule has 1 aromatic rings. The third kappa shape index (κ3) is 5.17. The molecule has 1 saturated carbocycles. The molecule has 1 fully saturated rings. The first-order valence-corrected chi connectivity index (χ1v) is 13.0. The number of fused-ring (bicyclic) bond motifs is 3. The van der Waals surface area contributed by atoms with E-state index in [1.807, 2.05) is 19.1 Å². The van der Waals surface area contributed by atoms with E-state index in [1.165, 1.54) is 13.2 Å². The zero-order chi connectivity index (χ0) is 27.8. The summed E-state index contributed by atoms with van der Waals surface area (Å²) >= 11 is 0.